The Hall–Kier alpha value is -11.6. The Morgan fingerprint density at radius 1 is 0.268 bits per heavy atom. The van der Waals surface area contributed by atoms with Gasteiger partial charge >= 0.3 is 11.9 Å². The number of allylic oxidation sites excluding steroid dienone is 4. The average Bonchev–Trinajstić information content (AvgIpc) is 1.55. The Balaban J connectivity index is 0.672. The van der Waals surface area contributed by atoms with Crippen molar-refractivity contribution in [3.8, 4) is 34.4 Å². The van der Waals surface area contributed by atoms with Gasteiger partial charge in [0, 0.05) is 22.6 Å². The van der Waals surface area contributed by atoms with Crippen molar-refractivity contribution >= 4 is 93.3 Å². The number of ether oxygens (including phenoxy) is 2. The highest BCUT2D eigenvalue weighted by atomic mass is 32.2. The van der Waals surface area contributed by atoms with Crippen LogP contribution in [0.2, 0.25) is 0 Å². The Labute approximate surface area is 574 Å². The molecule has 2 aliphatic rings. The van der Waals surface area contributed by atoms with E-state index in [9.17, 15) is 9.59 Å². The average molecular weight is 1300 g/mol. The monoisotopic (exact) mass is 1300 g/mol. The summed E-state index contributed by atoms with van der Waals surface area (Å²) in [5.74, 6) is 8.59. The van der Waals surface area contributed by atoms with Gasteiger partial charge in [-0.05, 0) is 146 Å². The van der Waals surface area contributed by atoms with Crippen molar-refractivity contribution in [2.45, 2.75) is 12.8 Å². The first kappa shape index (κ1) is 62.9. The van der Waals surface area contributed by atoms with E-state index in [0.717, 1.165) is 55.6 Å². The summed E-state index contributed by atoms with van der Waals surface area (Å²) < 4.78 is 11.8. The molecular weight excluding hydrogens is 1230 g/mol. The molecule has 2 heterocycles. The normalized spacial score (nSPS) is 13.7. The van der Waals surface area contributed by atoms with Gasteiger partial charge in [-0.1, -0.05) is 315 Å². The molecule has 0 radical (unpaired) electrons. The molecule has 12 aromatic rings. The summed E-state index contributed by atoms with van der Waals surface area (Å²) in [4.78, 5) is 26.7. The second kappa shape index (κ2) is 29.4. The number of hydrogen-bond donors (Lipinski definition) is 0. The Morgan fingerprint density at radius 3 is 0.722 bits per heavy atom. The van der Waals surface area contributed by atoms with Crippen LogP contribution in [0.25, 0.3) is 43.1 Å². The van der Waals surface area contributed by atoms with Crippen molar-refractivity contribution in [3.05, 3.63) is 407 Å². The van der Waals surface area contributed by atoms with E-state index in [-0.39, 0.29) is 24.8 Å². The lowest BCUT2D eigenvalue weighted by Crippen LogP contribution is -2.49. The first-order valence-corrected chi connectivity index (χ1v) is 37.9. The Kier molecular flexibility index (Phi) is 19.0. The van der Waals surface area contributed by atoms with Crippen LogP contribution in [-0.2, 0) is 9.59 Å². The van der Waals surface area contributed by atoms with Crippen LogP contribution in [0.1, 0.15) is 68.5 Å². The molecule has 0 spiro atoms. The first-order chi connectivity index (χ1) is 48.0. The second-order valence-corrected chi connectivity index (χ2v) is 31.6. The molecular formula is C90H66O4SSi2. The van der Waals surface area contributed by atoms with E-state index < -0.39 is 16.1 Å². The van der Waals surface area contributed by atoms with E-state index >= 15 is 0 Å². The van der Waals surface area contributed by atoms with Gasteiger partial charge in [-0.3, -0.25) is 9.59 Å². The van der Waals surface area contributed by atoms with Gasteiger partial charge < -0.3 is 9.47 Å². The van der Waals surface area contributed by atoms with Crippen molar-refractivity contribution in [3.63, 3.8) is 0 Å². The Bertz CT molecular complexity index is 4500. The van der Waals surface area contributed by atoms with Crippen LogP contribution in [0.3, 0.4) is 0 Å². The summed E-state index contributed by atoms with van der Waals surface area (Å²) in [5.41, 5.74) is 23.7. The molecule has 0 amide bonds. The van der Waals surface area contributed by atoms with E-state index in [1.165, 1.54) is 65.2 Å². The number of esters is 2. The highest BCUT2D eigenvalue weighted by Crippen LogP contribution is 2.57. The number of hydrogen-bond acceptors (Lipinski definition) is 5. The molecule has 14 rings (SSSR count). The maximum Gasteiger partial charge on any atom is 0.312 e. The minimum Gasteiger partial charge on any atom is -0.427 e. The van der Waals surface area contributed by atoms with Gasteiger partial charge in [-0.25, -0.2) is 0 Å². The standard InChI is InChI=1S/C90H66O4SSi2/c91-81(93-77-55-51-67(52-56-77)61-65-96(79-47-27-9-28-48-79)87(73-39-19-5-20-40-73)83(69-31-11-1-12-32-69)84(70-33-13-2-14-34-70)88(96)74-41-21-6-22-42-74)59-63-95-64-60-82(92)94-78-57-53-68(54-58-78)62-66-97(80-49-29-10-30-50-80)89(75-43-23-7-24-44-75)85(71-35-15-3-16-36-71)86(72-37-17-4-18-38-72)90(97)76-45-25-8-26-46-76/h1-58H,59-60,63-64H2. The van der Waals surface area contributed by atoms with Crippen molar-refractivity contribution in [2.75, 3.05) is 11.5 Å². The third kappa shape index (κ3) is 13.2. The van der Waals surface area contributed by atoms with Crippen molar-refractivity contribution in [2.24, 2.45) is 0 Å². The minimum atomic E-state index is -3.30. The second-order valence-electron chi connectivity index (χ2n) is 23.8. The maximum absolute atomic E-state index is 13.3. The summed E-state index contributed by atoms with van der Waals surface area (Å²) in [7, 11) is -6.59. The lowest BCUT2D eigenvalue weighted by atomic mass is 9.89. The van der Waals surface area contributed by atoms with Gasteiger partial charge in [-0.15, -0.1) is 11.1 Å². The fraction of sp³-hybridized carbons (Fsp3) is 0.0444. The maximum atomic E-state index is 13.3. The van der Waals surface area contributed by atoms with Crippen molar-refractivity contribution < 1.29 is 19.1 Å². The number of carbonyl (C=O) groups excluding carboxylic acids is 2. The molecule has 0 fully saturated rings. The molecule has 0 aromatic heterocycles. The van der Waals surface area contributed by atoms with Gasteiger partial charge in [0.05, 0.1) is 12.8 Å². The highest BCUT2D eigenvalue weighted by molar-refractivity contribution is 7.99. The molecule has 7 heteroatoms. The molecule has 0 bridgehead atoms. The van der Waals surface area contributed by atoms with E-state index in [1.807, 2.05) is 48.5 Å². The smallest absolute Gasteiger partial charge is 0.312 e. The van der Waals surface area contributed by atoms with Crippen molar-refractivity contribution in [1.29, 1.82) is 0 Å². The summed E-state index contributed by atoms with van der Waals surface area (Å²) in [6.07, 6.45) is 0.346. The van der Waals surface area contributed by atoms with Crippen molar-refractivity contribution in [1.82, 2.24) is 0 Å². The van der Waals surface area contributed by atoms with Crippen LogP contribution in [0.5, 0.6) is 11.5 Å². The molecule has 97 heavy (non-hydrogen) atoms. The molecule has 464 valence electrons. The summed E-state index contributed by atoms with van der Waals surface area (Å²) in [6, 6.07) is 123. The fourth-order valence-corrected chi connectivity index (χ4v) is 23.9. The van der Waals surface area contributed by atoms with Gasteiger partial charge in [0.2, 0.25) is 16.1 Å². The molecule has 2 aliphatic heterocycles. The molecule has 0 aliphatic carbocycles. The van der Waals surface area contributed by atoms with Gasteiger partial charge in [0.1, 0.15) is 11.5 Å². The van der Waals surface area contributed by atoms with Crippen LogP contribution in [0.4, 0.5) is 0 Å². The largest absolute Gasteiger partial charge is 0.427 e. The van der Waals surface area contributed by atoms with Crippen LogP contribution in [-0.4, -0.2) is 39.6 Å². The molecule has 0 atom stereocenters. The predicted molar refractivity (Wildman–Crippen MR) is 407 cm³/mol. The zero-order valence-corrected chi connectivity index (χ0v) is 56.2. The van der Waals surface area contributed by atoms with E-state index in [4.69, 9.17) is 9.47 Å². The lowest BCUT2D eigenvalue weighted by Gasteiger charge is -2.30. The number of thioether (sulfide) groups is 1. The Morgan fingerprint density at radius 2 is 0.485 bits per heavy atom. The van der Waals surface area contributed by atoms with Crippen LogP contribution in [0.15, 0.2) is 352 Å². The van der Waals surface area contributed by atoms with Gasteiger partial charge in [0.15, 0.2) is 0 Å². The summed E-state index contributed by atoms with van der Waals surface area (Å²) in [6.45, 7) is 0. The fourth-order valence-electron chi connectivity index (χ4n) is 13.6. The number of benzene rings is 12. The van der Waals surface area contributed by atoms with Crippen LogP contribution >= 0.6 is 11.8 Å². The predicted octanol–water partition coefficient (Wildman–Crippen LogP) is 18.8. The molecule has 4 nitrogen and oxygen atoms in total. The summed E-state index contributed by atoms with van der Waals surface area (Å²) in [5, 5.41) is 7.34. The zero-order valence-electron chi connectivity index (χ0n) is 53.4. The molecule has 0 N–H and O–H groups in total. The van der Waals surface area contributed by atoms with E-state index in [2.05, 4.69) is 326 Å². The molecule has 12 aromatic carbocycles. The molecule has 0 unspecified atom stereocenters. The third-order valence-corrected chi connectivity index (χ3v) is 27.3. The van der Waals surface area contributed by atoms with Crippen LogP contribution in [0, 0.1) is 22.9 Å². The lowest BCUT2D eigenvalue weighted by molar-refractivity contribution is -0.134. The quantitative estimate of drug-likeness (QED) is 0.0282. The van der Waals surface area contributed by atoms with E-state index in [0.29, 0.717) is 23.0 Å². The summed E-state index contributed by atoms with van der Waals surface area (Å²) >= 11 is 1.51. The SMILES string of the molecule is O=C(CCSCCC(=O)Oc1ccc(C#C[Si]2(c3ccccc3)C(c3ccccc3)=C(c3ccccc3)C(c3ccccc3)=C2c2ccccc2)cc1)Oc1ccc(C#C[Si]2(c3ccccc3)C(c3ccccc3)=C(c3ccccc3)C(c3ccccc3)=C2c2ccccc2)cc1. The third-order valence-electron chi connectivity index (χ3n) is 17.8. The zero-order chi connectivity index (χ0) is 65.6. The minimum absolute atomic E-state index is 0.173. The van der Waals surface area contributed by atoms with Gasteiger partial charge in [0.25, 0.3) is 0 Å². The topological polar surface area (TPSA) is 52.6 Å². The highest BCUT2D eigenvalue weighted by Gasteiger charge is 2.53. The number of carbonyl (C=O) groups is 2. The van der Waals surface area contributed by atoms with E-state index in [1.54, 1.807) is 0 Å². The molecule has 0 saturated heterocycles. The first-order valence-electron chi connectivity index (χ1n) is 32.8. The van der Waals surface area contributed by atoms with Gasteiger partial charge in [-0.2, -0.15) is 11.8 Å². The number of rotatable bonds is 18. The molecule has 0 saturated carbocycles. The van der Waals surface area contributed by atoms with Crippen LogP contribution < -0.4 is 19.8 Å².